The first-order valence-corrected chi connectivity index (χ1v) is 8.33. The summed E-state index contributed by atoms with van der Waals surface area (Å²) in [7, 11) is 3.97. The Morgan fingerprint density at radius 2 is 1.96 bits per heavy atom. The lowest BCUT2D eigenvalue weighted by atomic mass is 9.81. The molecular weight excluding hydrogens is 284 g/mol. The van der Waals surface area contributed by atoms with Crippen LogP contribution in [0, 0.1) is 0 Å². The van der Waals surface area contributed by atoms with Crippen molar-refractivity contribution in [3.8, 4) is 5.75 Å². The number of ether oxygens (including phenoxy) is 1. The molecule has 23 heavy (non-hydrogen) atoms. The molecule has 1 fully saturated rings. The van der Waals surface area contributed by atoms with E-state index in [1.165, 1.54) is 23.2 Å². The zero-order chi connectivity index (χ0) is 16.0. The summed E-state index contributed by atoms with van der Waals surface area (Å²) in [6.45, 7) is 4.55. The van der Waals surface area contributed by atoms with Crippen molar-refractivity contribution in [2.24, 2.45) is 0 Å². The Balaban J connectivity index is 1.68. The highest BCUT2D eigenvalue weighted by Crippen LogP contribution is 2.52. The van der Waals surface area contributed by atoms with Crippen LogP contribution in [0.1, 0.15) is 24.5 Å². The normalized spacial score (nSPS) is 26.2. The number of likely N-dealkylation sites (N-methyl/N-ethyl adjacent to an activating group) is 1. The number of nitrogens with zero attached hydrogens (tertiary/aromatic N) is 2. The molecule has 3 nitrogen and oxygen atoms in total. The van der Waals surface area contributed by atoms with Gasteiger partial charge in [0.15, 0.2) is 0 Å². The predicted octanol–water partition coefficient (Wildman–Crippen LogP) is 3.63. The Morgan fingerprint density at radius 3 is 2.70 bits per heavy atom. The molecule has 1 saturated heterocycles. The van der Waals surface area contributed by atoms with Crippen molar-refractivity contribution in [2.45, 2.75) is 31.5 Å². The summed E-state index contributed by atoms with van der Waals surface area (Å²) in [4.78, 5) is 5.06. The third kappa shape index (κ3) is 2.14. The molecule has 2 heterocycles. The number of benzene rings is 2. The van der Waals surface area contributed by atoms with Crippen LogP contribution in [-0.2, 0) is 12.0 Å². The molecule has 0 bridgehead atoms. The van der Waals surface area contributed by atoms with Gasteiger partial charge in [-0.1, -0.05) is 37.3 Å². The molecule has 0 amide bonds. The van der Waals surface area contributed by atoms with Crippen molar-refractivity contribution in [2.75, 3.05) is 25.6 Å². The van der Waals surface area contributed by atoms with Crippen LogP contribution in [0.5, 0.6) is 5.75 Å². The largest absolute Gasteiger partial charge is 0.497 e. The number of methoxy groups -OCH3 is 1. The molecule has 0 unspecified atom stereocenters. The molecule has 3 heteroatoms. The average Bonchev–Trinajstić information content (AvgIpc) is 3.02. The first-order valence-electron chi connectivity index (χ1n) is 8.33. The highest BCUT2D eigenvalue weighted by atomic mass is 16.5. The summed E-state index contributed by atoms with van der Waals surface area (Å²) in [6, 6.07) is 17.3. The van der Waals surface area contributed by atoms with Gasteiger partial charge in [0.05, 0.1) is 13.3 Å². The fourth-order valence-corrected chi connectivity index (χ4v) is 4.50. The zero-order valence-electron chi connectivity index (χ0n) is 14.1. The molecule has 0 saturated carbocycles. The minimum absolute atomic E-state index is 0.174. The van der Waals surface area contributed by atoms with E-state index in [-0.39, 0.29) is 5.41 Å². The van der Waals surface area contributed by atoms with E-state index in [1.54, 1.807) is 7.11 Å². The van der Waals surface area contributed by atoms with Crippen molar-refractivity contribution < 1.29 is 4.74 Å². The van der Waals surface area contributed by atoms with E-state index >= 15 is 0 Å². The van der Waals surface area contributed by atoms with E-state index in [0.29, 0.717) is 6.17 Å². The predicted molar refractivity (Wildman–Crippen MR) is 94.0 cm³/mol. The third-order valence-electron chi connectivity index (χ3n) is 5.63. The van der Waals surface area contributed by atoms with Gasteiger partial charge in [-0.15, -0.1) is 0 Å². The average molecular weight is 308 g/mol. The second-order valence-corrected chi connectivity index (χ2v) is 6.99. The van der Waals surface area contributed by atoms with Crippen LogP contribution in [0.2, 0.25) is 0 Å². The van der Waals surface area contributed by atoms with Crippen LogP contribution < -0.4 is 9.64 Å². The number of fused-ring (bicyclic) bond motifs is 3. The highest BCUT2D eigenvalue weighted by Gasteiger charge is 2.53. The van der Waals surface area contributed by atoms with Gasteiger partial charge in [0, 0.05) is 31.2 Å². The lowest BCUT2D eigenvalue weighted by Gasteiger charge is -2.34. The number of anilines is 1. The lowest BCUT2D eigenvalue weighted by molar-refractivity contribution is 0.215. The van der Waals surface area contributed by atoms with Gasteiger partial charge < -0.3 is 9.64 Å². The van der Waals surface area contributed by atoms with Crippen molar-refractivity contribution in [3.63, 3.8) is 0 Å². The Morgan fingerprint density at radius 1 is 1.17 bits per heavy atom. The van der Waals surface area contributed by atoms with Crippen LogP contribution in [0.4, 0.5) is 5.69 Å². The zero-order valence-corrected chi connectivity index (χ0v) is 14.1. The van der Waals surface area contributed by atoms with E-state index in [1.807, 2.05) is 0 Å². The van der Waals surface area contributed by atoms with Crippen molar-refractivity contribution >= 4 is 5.69 Å². The molecule has 2 aromatic carbocycles. The first-order chi connectivity index (χ1) is 11.1. The fourth-order valence-electron chi connectivity index (χ4n) is 4.50. The molecule has 0 spiro atoms. The molecular formula is C20H24N2O. The second kappa shape index (κ2) is 5.27. The molecule has 2 aliphatic heterocycles. The smallest absolute Gasteiger partial charge is 0.119 e. The Bertz CT molecular complexity index is 715. The SMILES string of the molecule is COc1ccc2c(c1)[C@@]1(C)CCN(Cc3ccccc3)[C@H]1N2C. The molecule has 0 radical (unpaired) electrons. The monoisotopic (exact) mass is 308 g/mol. The van der Waals surface area contributed by atoms with Crippen LogP contribution in [0.15, 0.2) is 48.5 Å². The third-order valence-corrected chi connectivity index (χ3v) is 5.63. The maximum absolute atomic E-state index is 5.46. The highest BCUT2D eigenvalue weighted by molar-refractivity contribution is 5.66. The number of rotatable bonds is 3. The summed E-state index contributed by atoms with van der Waals surface area (Å²) in [5.41, 5.74) is 4.34. The van der Waals surface area contributed by atoms with E-state index in [4.69, 9.17) is 4.74 Å². The van der Waals surface area contributed by atoms with Gasteiger partial charge in [-0.05, 0) is 35.7 Å². The summed E-state index contributed by atoms with van der Waals surface area (Å²) in [6.07, 6.45) is 1.61. The van der Waals surface area contributed by atoms with Crippen LogP contribution in [0.25, 0.3) is 0 Å². The number of hydrogen-bond acceptors (Lipinski definition) is 3. The van der Waals surface area contributed by atoms with Gasteiger partial charge in [0.1, 0.15) is 5.75 Å². The Hall–Kier alpha value is -2.00. The molecule has 2 aromatic rings. The van der Waals surface area contributed by atoms with Gasteiger partial charge in [-0.25, -0.2) is 0 Å². The van der Waals surface area contributed by atoms with Crippen molar-refractivity contribution in [1.82, 2.24) is 4.90 Å². The maximum Gasteiger partial charge on any atom is 0.119 e. The van der Waals surface area contributed by atoms with Crippen molar-refractivity contribution in [3.05, 3.63) is 59.7 Å². The van der Waals surface area contributed by atoms with Gasteiger partial charge in [0.2, 0.25) is 0 Å². The van der Waals surface area contributed by atoms with Crippen molar-refractivity contribution in [1.29, 1.82) is 0 Å². The molecule has 0 N–H and O–H groups in total. The topological polar surface area (TPSA) is 15.7 Å². The molecule has 120 valence electrons. The van der Waals surface area contributed by atoms with Crippen LogP contribution in [-0.4, -0.2) is 31.8 Å². The van der Waals surface area contributed by atoms with Gasteiger partial charge >= 0.3 is 0 Å². The molecule has 2 aliphatic rings. The van der Waals surface area contributed by atoms with Crippen LogP contribution >= 0.6 is 0 Å². The molecule has 4 rings (SSSR count). The summed E-state index contributed by atoms with van der Waals surface area (Å²) in [5, 5.41) is 0. The number of hydrogen-bond donors (Lipinski definition) is 0. The minimum atomic E-state index is 0.174. The van der Waals surface area contributed by atoms with Gasteiger partial charge in [-0.3, -0.25) is 4.90 Å². The lowest BCUT2D eigenvalue weighted by Crippen LogP contribution is -2.46. The molecule has 0 aromatic heterocycles. The standard InChI is InChI=1S/C20H24N2O/c1-20-11-12-22(14-15-7-5-4-6-8-15)19(20)21(2)18-10-9-16(23-3)13-17(18)20/h4-10,13,19H,11-12,14H2,1-3H3/t19-,20-/m1/s1. The van der Waals surface area contributed by atoms with Gasteiger partial charge in [-0.2, -0.15) is 0 Å². The van der Waals surface area contributed by atoms with Crippen LogP contribution in [0.3, 0.4) is 0 Å². The number of likely N-dealkylation sites (tertiary alicyclic amines) is 1. The summed E-state index contributed by atoms with van der Waals surface area (Å²) < 4.78 is 5.46. The molecule has 0 aliphatic carbocycles. The van der Waals surface area contributed by atoms with E-state index < -0.39 is 0 Å². The fraction of sp³-hybridized carbons (Fsp3) is 0.400. The Labute approximate surface area is 138 Å². The maximum atomic E-state index is 5.46. The quantitative estimate of drug-likeness (QED) is 0.861. The summed E-state index contributed by atoms with van der Waals surface area (Å²) in [5.74, 6) is 0.959. The van der Waals surface area contributed by atoms with E-state index in [9.17, 15) is 0 Å². The van der Waals surface area contributed by atoms with Gasteiger partial charge in [0.25, 0.3) is 0 Å². The Kier molecular flexibility index (Phi) is 3.34. The minimum Gasteiger partial charge on any atom is -0.497 e. The van der Waals surface area contributed by atoms with E-state index in [0.717, 1.165) is 18.8 Å². The first kappa shape index (κ1) is 14.6. The second-order valence-electron chi connectivity index (χ2n) is 6.99. The molecule has 2 atom stereocenters. The summed E-state index contributed by atoms with van der Waals surface area (Å²) >= 11 is 0. The van der Waals surface area contributed by atoms with E-state index in [2.05, 4.69) is 72.3 Å².